The smallest absolute Gasteiger partial charge is 0.183 e. The highest BCUT2D eigenvalue weighted by Crippen LogP contribution is 2.22. The lowest BCUT2D eigenvalue weighted by molar-refractivity contribution is 0.287. The Labute approximate surface area is 97.0 Å². The second-order valence-corrected chi connectivity index (χ2v) is 6.22. The summed E-state index contributed by atoms with van der Waals surface area (Å²) in [6.45, 7) is 5.14. The Hall–Kier alpha value is -0.870. The Morgan fingerprint density at radius 1 is 1.31 bits per heavy atom. The van der Waals surface area contributed by atoms with E-state index in [9.17, 15) is 8.42 Å². The summed E-state index contributed by atoms with van der Waals surface area (Å²) in [5, 5.41) is 8.39. The number of sulfone groups is 1. The molecule has 4 heteroatoms. The molecule has 1 N–H and O–H groups in total. The lowest BCUT2D eigenvalue weighted by atomic mass is 10.2. The van der Waals surface area contributed by atoms with Gasteiger partial charge >= 0.3 is 0 Å². The second-order valence-electron chi connectivity index (χ2n) is 4.03. The quantitative estimate of drug-likeness (QED) is 0.876. The topological polar surface area (TPSA) is 54.4 Å². The van der Waals surface area contributed by atoms with Gasteiger partial charge in [0, 0.05) is 0 Å². The molecule has 1 unspecified atom stereocenters. The molecule has 3 nitrogen and oxygen atoms in total. The highest BCUT2D eigenvalue weighted by Gasteiger charge is 2.26. The fourth-order valence-electron chi connectivity index (χ4n) is 1.74. The first-order valence-electron chi connectivity index (χ1n) is 5.35. The van der Waals surface area contributed by atoms with Crippen LogP contribution in [0.5, 0.6) is 0 Å². The van der Waals surface area contributed by atoms with Crippen LogP contribution in [0.3, 0.4) is 0 Å². The summed E-state index contributed by atoms with van der Waals surface area (Å²) >= 11 is 0. The number of hydrogen-bond donors (Lipinski definition) is 1. The zero-order valence-electron chi connectivity index (χ0n) is 9.90. The van der Waals surface area contributed by atoms with Crippen LogP contribution in [0.2, 0.25) is 0 Å². The van der Waals surface area contributed by atoms with Gasteiger partial charge in [0.15, 0.2) is 9.84 Å². The molecule has 0 radical (unpaired) electrons. The molecule has 1 rings (SSSR count). The first-order chi connectivity index (χ1) is 7.43. The molecule has 1 aromatic carbocycles. The third-order valence-electron chi connectivity index (χ3n) is 2.73. The minimum absolute atomic E-state index is 0.327. The van der Waals surface area contributed by atoms with E-state index in [-0.39, 0.29) is 6.61 Å². The van der Waals surface area contributed by atoms with Crippen molar-refractivity contribution in [2.24, 2.45) is 0 Å². The number of benzene rings is 1. The molecular weight excluding hydrogens is 224 g/mol. The van der Waals surface area contributed by atoms with Gasteiger partial charge in [0.1, 0.15) is 0 Å². The van der Waals surface area contributed by atoms with Gasteiger partial charge in [-0.2, -0.15) is 0 Å². The van der Waals surface area contributed by atoms with Crippen LogP contribution in [0.4, 0.5) is 0 Å². The molecule has 0 aliphatic carbocycles. The maximum Gasteiger partial charge on any atom is 0.183 e. The zero-order valence-corrected chi connectivity index (χ0v) is 10.7. The van der Waals surface area contributed by atoms with Crippen molar-refractivity contribution in [1.29, 1.82) is 0 Å². The highest BCUT2D eigenvalue weighted by molar-refractivity contribution is 7.92. The molecule has 90 valence electrons. The fourth-order valence-corrected chi connectivity index (χ4v) is 3.50. The van der Waals surface area contributed by atoms with Crippen molar-refractivity contribution in [3.63, 3.8) is 0 Å². The molecule has 0 saturated heterocycles. The van der Waals surface area contributed by atoms with Crippen LogP contribution in [-0.2, 0) is 9.84 Å². The lowest BCUT2D eigenvalue weighted by Crippen LogP contribution is -2.25. The van der Waals surface area contributed by atoms with E-state index in [4.69, 9.17) is 5.11 Å². The normalized spacial score (nSPS) is 13.8. The van der Waals surface area contributed by atoms with Crippen molar-refractivity contribution in [1.82, 2.24) is 0 Å². The monoisotopic (exact) mass is 242 g/mol. The molecule has 0 amide bonds. The summed E-state index contributed by atoms with van der Waals surface area (Å²) in [7, 11) is -3.40. The van der Waals surface area contributed by atoms with Crippen LogP contribution < -0.4 is 0 Å². The third kappa shape index (κ3) is 2.44. The van der Waals surface area contributed by atoms with Crippen molar-refractivity contribution in [2.45, 2.75) is 37.3 Å². The summed E-state index contributed by atoms with van der Waals surface area (Å²) in [5.74, 6) is 0. The van der Waals surface area contributed by atoms with Gasteiger partial charge in [-0.1, -0.05) is 24.6 Å². The van der Waals surface area contributed by atoms with Crippen LogP contribution in [0, 0.1) is 13.8 Å². The Bertz CT molecular complexity index is 459. The van der Waals surface area contributed by atoms with Crippen LogP contribution in [0.1, 0.15) is 24.5 Å². The minimum atomic E-state index is -3.40. The predicted molar refractivity (Wildman–Crippen MR) is 64.3 cm³/mol. The van der Waals surface area contributed by atoms with E-state index in [0.717, 1.165) is 11.1 Å². The summed E-state index contributed by atoms with van der Waals surface area (Å²) in [6, 6.07) is 5.25. The van der Waals surface area contributed by atoms with Gasteiger partial charge in [-0.15, -0.1) is 0 Å². The van der Waals surface area contributed by atoms with E-state index >= 15 is 0 Å². The lowest BCUT2D eigenvalue weighted by Gasteiger charge is -2.15. The van der Waals surface area contributed by atoms with Gasteiger partial charge < -0.3 is 5.11 Å². The second kappa shape index (κ2) is 4.97. The minimum Gasteiger partial charge on any atom is -0.395 e. The van der Waals surface area contributed by atoms with Crippen LogP contribution >= 0.6 is 0 Å². The molecule has 0 heterocycles. The van der Waals surface area contributed by atoms with E-state index in [2.05, 4.69) is 0 Å². The molecule has 0 fully saturated rings. The number of rotatable bonds is 4. The number of aryl methyl sites for hydroxylation is 2. The average molecular weight is 242 g/mol. The van der Waals surface area contributed by atoms with Crippen molar-refractivity contribution < 1.29 is 13.5 Å². The molecule has 0 aliphatic heterocycles. The standard InChI is InChI=1S/C12H18O3S/c1-4-11(8-13)16(14,15)12-6-5-9(2)7-10(12)3/h5-7,11,13H,4,8H2,1-3H3. The van der Waals surface area contributed by atoms with Gasteiger partial charge in [0.05, 0.1) is 16.8 Å². The van der Waals surface area contributed by atoms with Crippen molar-refractivity contribution in [2.75, 3.05) is 6.61 Å². The molecule has 0 spiro atoms. The van der Waals surface area contributed by atoms with Crippen LogP contribution in [-0.4, -0.2) is 25.4 Å². The molecule has 0 aromatic heterocycles. The van der Waals surface area contributed by atoms with Crippen LogP contribution in [0.25, 0.3) is 0 Å². The molecular formula is C12H18O3S. The van der Waals surface area contributed by atoms with Gasteiger partial charge in [-0.05, 0) is 31.9 Å². The summed E-state index contributed by atoms with van der Waals surface area (Å²) in [4.78, 5) is 0.332. The Morgan fingerprint density at radius 3 is 2.38 bits per heavy atom. The average Bonchev–Trinajstić information content (AvgIpc) is 2.18. The fraction of sp³-hybridized carbons (Fsp3) is 0.500. The van der Waals surface area contributed by atoms with E-state index in [1.165, 1.54) is 0 Å². The molecule has 0 saturated carbocycles. The van der Waals surface area contributed by atoms with Crippen molar-refractivity contribution in [3.05, 3.63) is 29.3 Å². The maximum atomic E-state index is 12.2. The van der Waals surface area contributed by atoms with Gasteiger partial charge in [-0.25, -0.2) is 8.42 Å². The summed E-state index contributed by atoms with van der Waals surface area (Å²) < 4.78 is 24.3. The van der Waals surface area contributed by atoms with Gasteiger partial charge in [0.2, 0.25) is 0 Å². The molecule has 16 heavy (non-hydrogen) atoms. The van der Waals surface area contributed by atoms with E-state index < -0.39 is 15.1 Å². The SMILES string of the molecule is CCC(CO)S(=O)(=O)c1ccc(C)cc1C. The molecule has 0 bridgehead atoms. The van der Waals surface area contributed by atoms with Crippen molar-refractivity contribution in [3.8, 4) is 0 Å². The van der Waals surface area contributed by atoms with E-state index in [1.807, 2.05) is 13.0 Å². The Morgan fingerprint density at radius 2 is 1.94 bits per heavy atom. The Balaban J connectivity index is 3.27. The first kappa shape index (κ1) is 13.2. The molecule has 1 atom stereocenters. The van der Waals surface area contributed by atoms with E-state index in [1.54, 1.807) is 26.0 Å². The highest BCUT2D eigenvalue weighted by atomic mass is 32.2. The number of hydrogen-bond acceptors (Lipinski definition) is 3. The van der Waals surface area contributed by atoms with Gasteiger partial charge in [0.25, 0.3) is 0 Å². The first-order valence-corrected chi connectivity index (χ1v) is 6.90. The van der Waals surface area contributed by atoms with Gasteiger partial charge in [-0.3, -0.25) is 0 Å². The summed E-state index contributed by atoms with van der Waals surface area (Å²) in [5.41, 5.74) is 1.78. The summed E-state index contributed by atoms with van der Waals surface area (Å²) in [6.07, 6.45) is 0.423. The third-order valence-corrected chi connectivity index (χ3v) is 5.17. The molecule has 1 aromatic rings. The Kier molecular flexibility index (Phi) is 4.10. The number of aliphatic hydroxyl groups is 1. The van der Waals surface area contributed by atoms with Crippen LogP contribution in [0.15, 0.2) is 23.1 Å². The molecule has 0 aliphatic rings. The maximum absolute atomic E-state index is 12.2. The number of aliphatic hydroxyl groups excluding tert-OH is 1. The van der Waals surface area contributed by atoms with Crippen molar-refractivity contribution >= 4 is 9.84 Å². The predicted octanol–water partition coefficient (Wildman–Crippen LogP) is 1.85. The van der Waals surface area contributed by atoms with E-state index in [0.29, 0.717) is 11.3 Å². The largest absolute Gasteiger partial charge is 0.395 e. The zero-order chi connectivity index (χ0) is 12.3.